The van der Waals surface area contributed by atoms with Crippen molar-refractivity contribution in [2.24, 2.45) is 0 Å². The molecule has 1 unspecified atom stereocenters. The van der Waals surface area contributed by atoms with Crippen molar-refractivity contribution < 1.29 is 13.6 Å². The van der Waals surface area contributed by atoms with Crippen molar-refractivity contribution in [2.45, 2.75) is 50.1 Å². The molecule has 1 heterocycles. The molecule has 2 aromatic carbocycles. The molecule has 2 aromatic rings. The molecule has 0 saturated carbocycles. The van der Waals surface area contributed by atoms with Crippen LogP contribution in [-0.4, -0.2) is 32.8 Å². The minimum Gasteiger partial charge on any atom is -0.405 e. The second-order valence-corrected chi connectivity index (χ2v) is 12.6. The van der Waals surface area contributed by atoms with Gasteiger partial charge in [-0.2, -0.15) is 0 Å². The van der Waals surface area contributed by atoms with Gasteiger partial charge in [0.1, 0.15) is 6.17 Å². The zero-order valence-electron chi connectivity index (χ0n) is 15.5. The predicted molar refractivity (Wildman–Crippen MR) is 108 cm³/mol. The summed E-state index contributed by atoms with van der Waals surface area (Å²) >= 11 is 5.89. The van der Waals surface area contributed by atoms with Gasteiger partial charge in [-0.1, -0.05) is 93.0 Å². The Labute approximate surface area is 161 Å². The third-order valence-corrected chi connectivity index (χ3v) is 10.4. The van der Waals surface area contributed by atoms with Crippen molar-refractivity contribution in [3.8, 4) is 0 Å². The Morgan fingerprint density at radius 2 is 1.54 bits per heavy atom. The molecule has 0 radical (unpaired) electrons. The molecule has 1 aliphatic heterocycles. The Balaban J connectivity index is 2.00. The maximum Gasteiger partial charge on any atom is 0.261 e. The second-order valence-electron chi connectivity index (χ2n) is 7.84. The van der Waals surface area contributed by atoms with Gasteiger partial charge in [0.2, 0.25) is 0 Å². The van der Waals surface area contributed by atoms with E-state index in [1.165, 1.54) is 10.4 Å². The summed E-state index contributed by atoms with van der Waals surface area (Å²) in [5.74, 6) is 0. The third kappa shape index (κ3) is 3.74. The second kappa shape index (κ2) is 7.81. The topological polar surface area (TPSA) is 18.5 Å². The summed E-state index contributed by atoms with van der Waals surface area (Å²) in [7, 11) is -2.61. The Hall–Kier alpha value is -1.20. The molecular formula is C21H26ClFO2Si. The van der Waals surface area contributed by atoms with Crippen molar-refractivity contribution >= 4 is 30.3 Å². The lowest BCUT2D eigenvalue weighted by molar-refractivity contribution is 0.0428. The van der Waals surface area contributed by atoms with E-state index in [1.807, 2.05) is 36.4 Å². The van der Waals surface area contributed by atoms with Gasteiger partial charge in [-0.3, -0.25) is 0 Å². The summed E-state index contributed by atoms with van der Waals surface area (Å²) in [5.41, 5.74) is -0.872. The highest BCUT2D eigenvalue weighted by molar-refractivity contribution is 6.99. The molecule has 1 fully saturated rings. The van der Waals surface area contributed by atoms with E-state index < -0.39 is 20.1 Å². The molecule has 2 nitrogen and oxygen atoms in total. The molecule has 0 aromatic heterocycles. The normalized spacial score (nSPS) is 24.0. The number of halogens is 2. The highest BCUT2D eigenvalue weighted by Gasteiger charge is 2.51. The molecule has 3 atom stereocenters. The molecule has 0 spiro atoms. The summed E-state index contributed by atoms with van der Waals surface area (Å²) in [6.45, 7) is 7.00. The van der Waals surface area contributed by atoms with E-state index in [1.54, 1.807) is 0 Å². The minimum atomic E-state index is -2.61. The SMILES string of the molecule is CC(C)(C)[Si](OC[C@@H]1CC(F)[C@H](Cl)O1)(c1ccccc1)c1ccccc1. The van der Waals surface area contributed by atoms with Crippen molar-refractivity contribution in [2.75, 3.05) is 6.61 Å². The number of hydrogen-bond acceptors (Lipinski definition) is 2. The molecule has 3 rings (SSSR count). The number of rotatable bonds is 5. The van der Waals surface area contributed by atoms with Crippen molar-refractivity contribution in [3.63, 3.8) is 0 Å². The van der Waals surface area contributed by atoms with Gasteiger partial charge in [-0.25, -0.2) is 4.39 Å². The van der Waals surface area contributed by atoms with Crippen LogP contribution in [0.25, 0.3) is 0 Å². The number of alkyl halides is 2. The van der Waals surface area contributed by atoms with Gasteiger partial charge in [0.05, 0.1) is 12.7 Å². The standard InChI is InChI=1S/C21H26ClFO2Si/c1-21(2,3)26(17-10-6-4-7-11-17,18-12-8-5-9-13-18)24-15-16-14-19(23)20(22)25-16/h4-13,16,19-20H,14-15H2,1-3H3/t16-,19?,20+/m0/s1. The van der Waals surface area contributed by atoms with Crippen LogP contribution in [0, 0.1) is 0 Å². The van der Waals surface area contributed by atoms with Crippen LogP contribution in [0.2, 0.25) is 5.04 Å². The van der Waals surface area contributed by atoms with Crippen LogP contribution in [0.1, 0.15) is 27.2 Å². The lowest BCUT2D eigenvalue weighted by Crippen LogP contribution is -2.67. The third-order valence-electron chi connectivity index (χ3n) is 5.00. The average molecular weight is 393 g/mol. The van der Waals surface area contributed by atoms with Gasteiger partial charge in [0.15, 0.2) is 5.56 Å². The molecule has 1 aliphatic rings. The van der Waals surface area contributed by atoms with Crippen LogP contribution in [0.4, 0.5) is 4.39 Å². The maximum absolute atomic E-state index is 13.8. The summed E-state index contributed by atoms with van der Waals surface area (Å²) in [6.07, 6.45) is -1.16. The lowest BCUT2D eigenvalue weighted by Gasteiger charge is -2.43. The van der Waals surface area contributed by atoms with E-state index in [0.717, 1.165) is 0 Å². The Bertz CT molecular complexity index is 655. The lowest BCUT2D eigenvalue weighted by atomic mass is 10.2. The summed E-state index contributed by atoms with van der Waals surface area (Å²) in [4.78, 5) is 0. The first-order valence-electron chi connectivity index (χ1n) is 9.03. The number of ether oxygens (including phenoxy) is 1. The van der Waals surface area contributed by atoms with E-state index in [4.69, 9.17) is 20.8 Å². The monoisotopic (exact) mass is 392 g/mol. The largest absolute Gasteiger partial charge is 0.405 e. The smallest absolute Gasteiger partial charge is 0.261 e. The molecule has 0 bridgehead atoms. The number of hydrogen-bond donors (Lipinski definition) is 0. The van der Waals surface area contributed by atoms with Gasteiger partial charge in [0.25, 0.3) is 8.32 Å². The summed E-state index contributed by atoms with van der Waals surface area (Å²) in [6, 6.07) is 20.8. The minimum absolute atomic E-state index is 0.107. The Kier molecular flexibility index (Phi) is 5.87. The van der Waals surface area contributed by atoms with E-state index in [-0.39, 0.29) is 17.6 Å². The molecule has 5 heteroatoms. The van der Waals surface area contributed by atoms with Crippen molar-refractivity contribution in [1.82, 2.24) is 0 Å². The van der Waals surface area contributed by atoms with Crippen LogP contribution in [0.5, 0.6) is 0 Å². The number of benzene rings is 2. The van der Waals surface area contributed by atoms with E-state index in [9.17, 15) is 4.39 Å². The zero-order chi connectivity index (χ0) is 18.8. The first-order chi connectivity index (χ1) is 12.3. The van der Waals surface area contributed by atoms with Crippen LogP contribution in [0.15, 0.2) is 60.7 Å². The Morgan fingerprint density at radius 3 is 1.92 bits per heavy atom. The molecular weight excluding hydrogens is 367 g/mol. The van der Waals surface area contributed by atoms with Crippen LogP contribution >= 0.6 is 11.6 Å². The highest BCUT2D eigenvalue weighted by atomic mass is 35.5. The van der Waals surface area contributed by atoms with Crippen molar-refractivity contribution in [3.05, 3.63) is 60.7 Å². The van der Waals surface area contributed by atoms with Crippen molar-refractivity contribution in [1.29, 1.82) is 0 Å². The fourth-order valence-corrected chi connectivity index (χ4v) is 8.61. The molecule has 1 saturated heterocycles. The highest BCUT2D eigenvalue weighted by Crippen LogP contribution is 2.37. The fraction of sp³-hybridized carbons (Fsp3) is 0.429. The zero-order valence-corrected chi connectivity index (χ0v) is 17.2. The van der Waals surface area contributed by atoms with Gasteiger partial charge in [-0.05, 0) is 15.4 Å². The van der Waals surface area contributed by atoms with Crippen LogP contribution < -0.4 is 10.4 Å². The first kappa shape index (κ1) is 19.6. The average Bonchev–Trinajstić information content (AvgIpc) is 2.94. The van der Waals surface area contributed by atoms with Gasteiger partial charge in [0, 0.05) is 6.42 Å². The quantitative estimate of drug-likeness (QED) is 0.559. The van der Waals surface area contributed by atoms with E-state index >= 15 is 0 Å². The first-order valence-corrected chi connectivity index (χ1v) is 11.4. The van der Waals surface area contributed by atoms with Crippen LogP contribution in [0.3, 0.4) is 0 Å². The molecule has 0 amide bonds. The van der Waals surface area contributed by atoms with E-state index in [0.29, 0.717) is 6.61 Å². The molecule has 140 valence electrons. The Morgan fingerprint density at radius 1 is 1.04 bits per heavy atom. The fourth-order valence-electron chi connectivity index (χ4n) is 3.77. The summed E-state index contributed by atoms with van der Waals surface area (Å²) < 4.78 is 26.0. The van der Waals surface area contributed by atoms with Gasteiger partial charge >= 0.3 is 0 Å². The predicted octanol–water partition coefficient (Wildman–Crippen LogP) is 4.25. The van der Waals surface area contributed by atoms with Gasteiger partial charge in [-0.15, -0.1) is 0 Å². The molecule has 26 heavy (non-hydrogen) atoms. The molecule has 0 aliphatic carbocycles. The summed E-state index contributed by atoms with van der Waals surface area (Å²) in [5, 5.41) is 2.30. The molecule has 0 N–H and O–H groups in total. The van der Waals surface area contributed by atoms with Gasteiger partial charge < -0.3 is 9.16 Å². The van der Waals surface area contributed by atoms with Crippen LogP contribution in [-0.2, 0) is 9.16 Å². The maximum atomic E-state index is 13.8. The van der Waals surface area contributed by atoms with E-state index in [2.05, 4.69) is 45.0 Å².